The zero-order chi connectivity index (χ0) is 26.5. The molecule has 0 radical (unpaired) electrons. The molecule has 3 aromatic rings. The van der Waals surface area contributed by atoms with Gasteiger partial charge in [-0.2, -0.15) is 0 Å². The van der Waals surface area contributed by atoms with Gasteiger partial charge in [-0.05, 0) is 62.4 Å². The van der Waals surface area contributed by atoms with E-state index in [2.05, 4.69) is 22.5 Å². The Bertz CT molecular complexity index is 1300. The quantitative estimate of drug-likeness (QED) is 0.311. The van der Waals surface area contributed by atoms with E-state index in [4.69, 9.17) is 0 Å². The van der Waals surface area contributed by atoms with Crippen molar-refractivity contribution in [1.82, 2.24) is 5.32 Å². The number of nitro groups is 1. The summed E-state index contributed by atoms with van der Waals surface area (Å²) in [5, 5.41) is 17.2. The van der Waals surface area contributed by atoms with Crippen molar-refractivity contribution in [3.05, 3.63) is 99.1 Å². The van der Waals surface area contributed by atoms with E-state index < -0.39 is 10.8 Å². The molecular formula is C29H32N4O4. The van der Waals surface area contributed by atoms with E-state index in [9.17, 15) is 19.7 Å². The predicted octanol–water partition coefficient (Wildman–Crippen LogP) is 5.88. The van der Waals surface area contributed by atoms with Crippen LogP contribution in [0.3, 0.4) is 0 Å². The molecule has 192 valence electrons. The minimum Gasteiger partial charge on any atom is -0.371 e. The first-order valence-electron chi connectivity index (χ1n) is 12.5. The van der Waals surface area contributed by atoms with Crippen molar-refractivity contribution < 1.29 is 14.5 Å². The summed E-state index contributed by atoms with van der Waals surface area (Å²) in [5.41, 5.74) is 3.29. The lowest BCUT2D eigenvalue weighted by molar-refractivity contribution is -0.385. The van der Waals surface area contributed by atoms with Gasteiger partial charge < -0.3 is 15.5 Å². The van der Waals surface area contributed by atoms with Crippen molar-refractivity contribution in [2.24, 2.45) is 5.92 Å². The Morgan fingerprint density at radius 3 is 2.38 bits per heavy atom. The fourth-order valence-electron chi connectivity index (χ4n) is 4.57. The number of anilines is 2. The van der Waals surface area contributed by atoms with Gasteiger partial charge in [0, 0.05) is 41.7 Å². The molecule has 1 fully saturated rings. The number of nitrogens with zero attached hydrogens (tertiary/aromatic N) is 2. The predicted molar refractivity (Wildman–Crippen MR) is 145 cm³/mol. The summed E-state index contributed by atoms with van der Waals surface area (Å²) in [6.07, 6.45) is 2.10. The second-order valence-corrected chi connectivity index (χ2v) is 9.72. The Morgan fingerprint density at radius 1 is 1.00 bits per heavy atom. The molecule has 8 nitrogen and oxygen atoms in total. The van der Waals surface area contributed by atoms with Gasteiger partial charge in [0.2, 0.25) is 0 Å². The molecule has 0 spiro atoms. The third-order valence-corrected chi connectivity index (χ3v) is 6.94. The number of amides is 2. The molecule has 0 saturated carbocycles. The van der Waals surface area contributed by atoms with Crippen LogP contribution < -0.4 is 15.5 Å². The number of piperidine rings is 1. The zero-order valence-electron chi connectivity index (χ0n) is 21.4. The van der Waals surface area contributed by atoms with Crippen LogP contribution in [-0.2, 0) is 0 Å². The second kappa shape index (κ2) is 11.2. The van der Waals surface area contributed by atoms with Crippen molar-refractivity contribution >= 4 is 28.9 Å². The van der Waals surface area contributed by atoms with Gasteiger partial charge in [0.25, 0.3) is 17.5 Å². The highest BCUT2D eigenvalue weighted by atomic mass is 16.6. The monoisotopic (exact) mass is 500 g/mol. The first kappa shape index (κ1) is 25.9. The largest absolute Gasteiger partial charge is 0.371 e. The Kier molecular flexibility index (Phi) is 7.86. The maximum Gasteiger partial charge on any atom is 0.273 e. The highest BCUT2D eigenvalue weighted by Gasteiger charge is 2.23. The van der Waals surface area contributed by atoms with Gasteiger partial charge in [0.15, 0.2) is 0 Å². The molecule has 8 heteroatoms. The van der Waals surface area contributed by atoms with Crippen molar-refractivity contribution in [1.29, 1.82) is 0 Å². The lowest BCUT2D eigenvalue weighted by Gasteiger charge is -2.33. The van der Waals surface area contributed by atoms with Crippen LogP contribution in [0.1, 0.15) is 64.6 Å². The minimum absolute atomic E-state index is 0.114. The number of hydrogen-bond donors (Lipinski definition) is 2. The molecule has 1 aliphatic heterocycles. The average molecular weight is 501 g/mol. The lowest BCUT2D eigenvalue weighted by Crippen LogP contribution is -2.35. The highest BCUT2D eigenvalue weighted by Crippen LogP contribution is 2.30. The number of aryl methyl sites for hydroxylation is 1. The summed E-state index contributed by atoms with van der Waals surface area (Å²) in [4.78, 5) is 39.4. The maximum atomic E-state index is 13.5. The van der Waals surface area contributed by atoms with Crippen molar-refractivity contribution in [2.45, 2.75) is 39.7 Å². The average Bonchev–Trinajstić information content (AvgIpc) is 2.89. The van der Waals surface area contributed by atoms with E-state index in [0.717, 1.165) is 37.2 Å². The van der Waals surface area contributed by atoms with Crippen LogP contribution in [0.5, 0.6) is 0 Å². The van der Waals surface area contributed by atoms with E-state index in [0.29, 0.717) is 22.7 Å². The van der Waals surface area contributed by atoms with E-state index in [1.54, 1.807) is 31.2 Å². The number of carbonyl (C=O) groups excluding carboxylic acids is 2. The molecule has 1 unspecified atom stereocenters. The molecule has 1 heterocycles. The Balaban J connectivity index is 1.61. The number of nitrogens with one attached hydrogen (secondary N) is 2. The maximum absolute atomic E-state index is 13.5. The first-order valence-corrected chi connectivity index (χ1v) is 12.5. The first-order chi connectivity index (χ1) is 17.7. The Hall–Kier alpha value is -4.20. The van der Waals surface area contributed by atoms with Gasteiger partial charge in [-0.1, -0.05) is 43.3 Å². The normalized spacial score (nSPS) is 14.6. The smallest absolute Gasteiger partial charge is 0.273 e. The summed E-state index contributed by atoms with van der Waals surface area (Å²) in [5.74, 6) is -0.0672. The Morgan fingerprint density at radius 2 is 1.70 bits per heavy atom. The molecule has 3 aromatic carbocycles. The van der Waals surface area contributed by atoms with Gasteiger partial charge in [-0.15, -0.1) is 0 Å². The Labute approximate surface area is 216 Å². The van der Waals surface area contributed by atoms with Crippen molar-refractivity contribution in [3.63, 3.8) is 0 Å². The summed E-state index contributed by atoms with van der Waals surface area (Å²) >= 11 is 0. The van der Waals surface area contributed by atoms with Crippen LogP contribution in [-0.4, -0.2) is 29.8 Å². The van der Waals surface area contributed by atoms with Gasteiger partial charge in [-0.3, -0.25) is 19.7 Å². The minimum atomic E-state index is -0.503. The molecule has 0 aromatic heterocycles. The molecule has 37 heavy (non-hydrogen) atoms. The zero-order valence-corrected chi connectivity index (χ0v) is 21.4. The standard InChI is InChI=1S/C29H32N4O4/c1-19-13-15-32(16-14-19)26-12-11-24(31-28(34)23-10-9-20(2)27(17-23)33(36)37)18-25(26)29(35)30-21(3)22-7-5-4-6-8-22/h4-12,17-19,21H,13-16H2,1-3H3,(H,30,35)(H,31,34). The summed E-state index contributed by atoms with van der Waals surface area (Å²) in [6, 6.07) is 19.2. The molecule has 1 saturated heterocycles. The number of nitro benzene ring substituents is 1. The molecule has 0 bridgehead atoms. The molecule has 2 amide bonds. The van der Waals surface area contributed by atoms with Gasteiger partial charge in [-0.25, -0.2) is 0 Å². The third-order valence-electron chi connectivity index (χ3n) is 6.94. The second-order valence-electron chi connectivity index (χ2n) is 9.72. The molecule has 0 aliphatic carbocycles. The van der Waals surface area contributed by atoms with Crippen molar-refractivity contribution in [2.75, 3.05) is 23.3 Å². The number of rotatable bonds is 7. The molecular weight excluding hydrogens is 468 g/mol. The SMILES string of the molecule is Cc1ccc(C(=O)Nc2ccc(N3CCC(C)CC3)c(C(=O)NC(C)c3ccccc3)c2)cc1[N+](=O)[O-]. The number of hydrogen-bond acceptors (Lipinski definition) is 5. The highest BCUT2D eigenvalue weighted by molar-refractivity contribution is 6.06. The van der Waals surface area contributed by atoms with Crippen LogP contribution in [0.2, 0.25) is 0 Å². The summed E-state index contributed by atoms with van der Waals surface area (Å²) in [7, 11) is 0. The van der Waals surface area contributed by atoms with E-state index in [-0.39, 0.29) is 23.2 Å². The number of carbonyl (C=O) groups is 2. The van der Waals surface area contributed by atoms with Crippen LogP contribution >= 0.6 is 0 Å². The van der Waals surface area contributed by atoms with E-state index in [1.165, 1.54) is 6.07 Å². The summed E-state index contributed by atoms with van der Waals surface area (Å²) < 4.78 is 0. The molecule has 4 rings (SSSR count). The molecule has 1 aliphatic rings. The fourth-order valence-corrected chi connectivity index (χ4v) is 4.57. The summed E-state index contributed by atoms with van der Waals surface area (Å²) in [6.45, 7) is 7.51. The topological polar surface area (TPSA) is 105 Å². The number of benzene rings is 3. The van der Waals surface area contributed by atoms with Crippen LogP contribution in [0.4, 0.5) is 17.1 Å². The van der Waals surface area contributed by atoms with Gasteiger partial charge in [0.05, 0.1) is 16.5 Å². The van der Waals surface area contributed by atoms with Gasteiger partial charge >= 0.3 is 0 Å². The van der Waals surface area contributed by atoms with E-state index in [1.807, 2.05) is 43.3 Å². The lowest BCUT2D eigenvalue weighted by atomic mass is 9.97. The molecule has 2 N–H and O–H groups in total. The van der Waals surface area contributed by atoms with Gasteiger partial charge in [0.1, 0.15) is 0 Å². The van der Waals surface area contributed by atoms with Crippen LogP contribution in [0.15, 0.2) is 66.7 Å². The fraction of sp³-hybridized carbons (Fsp3) is 0.310. The van der Waals surface area contributed by atoms with E-state index >= 15 is 0 Å². The van der Waals surface area contributed by atoms with Crippen LogP contribution in [0.25, 0.3) is 0 Å². The van der Waals surface area contributed by atoms with Crippen LogP contribution in [0, 0.1) is 23.0 Å². The third kappa shape index (κ3) is 6.14. The van der Waals surface area contributed by atoms with Crippen molar-refractivity contribution in [3.8, 4) is 0 Å². The molecule has 1 atom stereocenters.